The van der Waals surface area contributed by atoms with Gasteiger partial charge in [0.25, 0.3) is 0 Å². The Morgan fingerprint density at radius 3 is 2.50 bits per heavy atom. The average Bonchev–Trinajstić information content (AvgIpc) is 2.40. The molecule has 1 saturated carbocycles. The maximum atomic E-state index is 13.7. The predicted octanol–water partition coefficient (Wildman–Crippen LogP) is 3.18. The number of anilines is 1. The van der Waals surface area contributed by atoms with Crippen LogP contribution in [0.3, 0.4) is 0 Å². The monoisotopic (exact) mass is 250 g/mol. The number of nitrogens with one attached hydrogen (secondary N) is 1. The van der Waals surface area contributed by atoms with Crippen molar-refractivity contribution < 1.29 is 4.39 Å². The van der Waals surface area contributed by atoms with Crippen molar-refractivity contribution in [3.63, 3.8) is 0 Å². The molecule has 0 atom stereocenters. The van der Waals surface area contributed by atoms with Gasteiger partial charge in [0.1, 0.15) is 5.82 Å². The molecule has 3 heteroatoms. The molecule has 0 radical (unpaired) electrons. The van der Waals surface area contributed by atoms with Gasteiger partial charge < -0.3 is 10.2 Å². The molecule has 0 heterocycles. The summed E-state index contributed by atoms with van der Waals surface area (Å²) in [5.74, 6) is -0.117. The first-order valence-electron chi connectivity index (χ1n) is 6.93. The predicted molar refractivity (Wildman–Crippen MR) is 74.5 cm³/mol. The summed E-state index contributed by atoms with van der Waals surface area (Å²) in [7, 11) is 2.01. The van der Waals surface area contributed by atoms with Gasteiger partial charge in [-0.3, -0.25) is 0 Å². The van der Waals surface area contributed by atoms with Gasteiger partial charge in [-0.05, 0) is 44.4 Å². The van der Waals surface area contributed by atoms with Crippen LogP contribution in [-0.2, 0) is 0 Å². The summed E-state index contributed by atoms with van der Waals surface area (Å²) in [6.07, 6.45) is 4.67. The van der Waals surface area contributed by atoms with Crippen LogP contribution < -0.4 is 10.2 Å². The highest BCUT2D eigenvalue weighted by molar-refractivity contribution is 5.47. The van der Waals surface area contributed by atoms with Crippen LogP contribution in [0.15, 0.2) is 24.3 Å². The third kappa shape index (κ3) is 3.02. The van der Waals surface area contributed by atoms with E-state index in [1.54, 1.807) is 6.07 Å². The van der Waals surface area contributed by atoms with E-state index in [1.807, 2.05) is 19.2 Å². The number of para-hydroxylation sites is 1. The maximum Gasteiger partial charge on any atom is 0.146 e. The average molecular weight is 250 g/mol. The molecular weight excluding hydrogens is 227 g/mol. The molecule has 0 aliphatic heterocycles. The summed E-state index contributed by atoms with van der Waals surface area (Å²) in [6.45, 7) is 3.19. The summed E-state index contributed by atoms with van der Waals surface area (Å²) >= 11 is 0. The van der Waals surface area contributed by atoms with E-state index >= 15 is 0 Å². The summed E-state index contributed by atoms with van der Waals surface area (Å²) in [5.41, 5.74) is 0.726. The van der Waals surface area contributed by atoms with Gasteiger partial charge in [-0.1, -0.05) is 19.1 Å². The van der Waals surface area contributed by atoms with Crippen LogP contribution in [0.4, 0.5) is 10.1 Å². The molecule has 1 N–H and O–H groups in total. The molecule has 0 bridgehead atoms. The molecule has 0 spiro atoms. The van der Waals surface area contributed by atoms with E-state index in [0.29, 0.717) is 12.1 Å². The Morgan fingerprint density at radius 1 is 1.22 bits per heavy atom. The van der Waals surface area contributed by atoms with E-state index in [4.69, 9.17) is 0 Å². The van der Waals surface area contributed by atoms with Gasteiger partial charge in [-0.15, -0.1) is 0 Å². The molecule has 1 aromatic carbocycles. The first kappa shape index (κ1) is 13.3. The van der Waals surface area contributed by atoms with Gasteiger partial charge in [0.15, 0.2) is 0 Å². The van der Waals surface area contributed by atoms with Gasteiger partial charge in [-0.25, -0.2) is 4.39 Å². The zero-order chi connectivity index (χ0) is 13.0. The number of nitrogens with zero attached hydrogens (tertiary/aromatic N) is 1. The summed E-state index contributed by atoms with van der Waals surface area (Å²) < 4.78 is 13.7. The maximum absolute atomic E-state index is 13.7. The van der Waals surface area contributed by atoms with Crippen molar-refractivity contribution in [2.75, 3.05) is 18.5 Å². The smallest absolute Gasteiger partial charge is 0.146 e. The minimum atomic E-state index is -0.117. The minimum Gasteiger partial charge on any atom is -0.369 e. The second-order valence-corrected chi connectivity index (χ2v) is 5.13. The lowest BCUT2D eigenvalue weighted by molar-refractivity contribution is 0.340. The fourth-order valence-corrected chi connectivity index (χ4v) is 2.89. The molecule has 0 unspecified atom stereocenters. The molecule has 1 aliphatic carbocycles. The molecule has 0 aromatic heterocycles. The van der Waals surface area contributed by atoms with Gasteiger partial charge in [-0.2, -0.15) is 0 Å². The quantitative estimate of drug-likeness (QED) is 0.883. The van der Waals surface area contributed by atoms with Gasteiger partial charge in [0, 0.05) is 19.1 Å². The van der Waals surface area contributed by atoms with Crippen molar-refractivity contribution in [2.45, 2.75) is 44.7 Å². The number of hydrogen-bond acceptors (Lipinski definition) is 2. The highest BCUT2D eigenvalue weighted by atomic mass is 19.1. The third-order valence-corrected chi connectivity index (χ3v) is 3.97. The number of benzene rings is 1. The van der Waals surface area contributed by atoms with E-state index < -0.39 is 0 Å². The van der Waals surface area contributed by atoms with Crippen molar-refractivity contribution >= 4 is 5.69 Å². The van der Waals surface area contributed by atoms with Crippen LogP contribution in [0.1, 0.15) is 32.6 Å². The molecule has 2 rings (SSSR count). The summed E-state index contributed by atoms with van der Waals surface area (Å²) in [4.78, 5) is 2.11. The summed E-state index contributed by atoms with van der Waals surface area (Å²) in [6, 6.07) is 8.17. The van der Waals surface area contributed by atoms with Gasteiger partial charge >= 0.3 is 0 Å². The highest BCUT2D eigenvalue weighted by Crippen LogP contribution is 2.27. The van der Waals surface area contributed by atoms with E-state index in [9.17, 15) is 4.39 Å². The molecule has 100 valence electrons. The second kappa shape index (κ2) is 6.19. The van der Waals surface area contributed by atoms with Crippen molar-refractivity contribution in [3.05, 3.63) is 30.1 Å². The van der Waals surface area contributed by atoms with E-state index in [2.05, 4.69) is 17.1 Å². The first-order valence-corrected chi connectivity index (χ1v) is 6.93. The van der Waals surface area contributed by atoms with Crippen molar-refractivity contribution in [2.24, 2.45) is 0 Å². The zero-order valence-electron chi connectivity index (χ0n) is 11.3. The Kier molecular flexibility index (Phi) is 4.59. The van der Waals surface area contributed by atoms with Crippen molar-refractivity contribution in [3.8, 4) is 0 Å². The molecular formula is C15H23FN2. The van der Waals surface area contributed by atoms with Gasteiger partial charge in [0.05, 0.1) is 5.69 Å². The molecule has 1 fully saturated rings. The Hall–Kier alpha value is -1.09. The van der Waals surface area contributed by atoms with Gasteiger partial charge in [0.2, 0.25) is 0 Å². The Bertz CT molecular complexity index is 373. The molecule has 1 aliphatic rings. The minimum absolute atomic E-state index is 0.117. The van der Waals surface area contributed by atoms with Crippen LogP contribution in [0.5, 0.6) is 0 Å². The molecule has 18 heavy (non-hydrogen) atoms. The largest absolute Gasteiger partial charge is 0.369 e. The van der Waals surface area contributed by atoms with Crippen LogP contribution in [0, 0.1) is 5.82 Å². The molecule has 0 saturated heterocycles. The lowest BCUT2D eigenvalue weighted by atomic mass is 9.90. The van der Waals surface area contributed by atoms with Crippen LogP contribution in [0.2, 0.25) is 0 Å². The van der Waals surface area contributed by atoms with E-state index in [-0.39, 0.29) is 5.82 Å². The molecule has 2 nitrogen and oxygen atoms in total. The Morgan fingerprint density at radius 2 is 1.89 bits per heavy atom. The SMILES string of the molecule is CCNC1CCC(N(C)c2ccccc2F)CC1. The van der Waals surface area contributed by atoms with Crippen molar-refractivity contribution in [1.29, 1.82) is 0 Å². The number of hydrogen-bond donors (Lipinski definition) is 1. The fraction of sp³-hybridized carbons (Fsp3) is 0.600. The van der Waals surface area contributed by atoms with Crippen LogP contribution >= 0.6 is 0 Å². The molecule has 0 amide bonds. The number of halogens is 1. The first-order chi connectivity index (χ1) is 8.72. The summed E-state index contributed by atoms with van der Waals surface area (Å²) in [5, 5.41) is 3.50. The Balaban J connectivity index is 1.95. The topological polar surface area (TPSA) is 15.3 Å². The highest BCUT2D eigenvalue weighted by Gasteiger charge is 2.24. The van der Waals surface area contributed by atoms with E-state index in [0.717, 1.165) is 25.1 Å². The third-order valence-electron chi connectivity index (χ3n) is 3.97. The number of rotatable bonds is 4. The zero-order valence-corrected chi connectivity index (χ0v) is 11.3. The normalized spacial score (nSPS) is 23.9. The fourth-order valence-electron chi connectivity index (χ4n) is 2.89. The lowest BCUT2D eigenvalue weighted by Gasteiger charge is -2.36. The Labute approximate surface area is 109 Å². The van der Waals surface area contributed by atoms with E-state index in [1.165, 1.54) is 18.9 Å². The lowest BCUT2D eigenvalue weighted by Crippen LogP contribution is -2.41. The standard InChI is InChI=1S/C15H23FN2/c1-3-17-12-8-10-13(11-9-12)18(2)15-7-5-4-6-14(15)16/h4-7,12-13,17H,3,8-11H2,1-2H3. The van der Waals surface area contributed by atoms with Crippen LogP contribution in [0.25, 0.3) is 0 Å². The molecule has 1 aromatic rings. The van der Waals surface area contributed by atoms with Crippen LogP contribution in [-0.4, -0.2) is 25.7 Å². The second-order valence-electron chi connectivity index (χ2n) is 5.13. The van der Waals surface area contributed by atoms with Crippen molar-refractivity contribution in [1.82, 2.24) is 5.32 Å².